The monoisotopic (exact) mass is 419 g/mol. The van der Waals surface area contributed by atoms with Crippen LogP contribution in [-0.4, -0.2) is 32.2 Å². The predicted octanol–water partition coefficient (Wildman–Crippen LogP) is 4.79. The molecule has 3 aromatic carbocycles. The number of anilines is 1. The van der Waals surface area contributed by atoms with Crippen molar-refractivity contribution in [3.05, 3.63) is 66.2 Å². The van der Waals surface area contributed by atoms with Crippen molar-refractivity contribution in [2.75, 3.05) is 19.5 Å². The Bertz CT molecular complexity index is 1280. The lowest BCUT2D eigenvalue weighted by Gasteiger charge is -2.15. The van der Waals surface area contributed by atoms with Crippen molar-refractivity contribution in [1.29, 1.82) is 0 Å². The van der Waals surface area contributed by atoms with E-state index in [-0.39, 0.29) is 0 Å². The molecule has 0 fully saturated rings. The number of amides is 1. The number of fused-ring (bicyclic) bond motifs is 3. The van der Waals surface area contributed by atoms with E-state index in [1.54, 1.807) is 30.3 Å². The number of carbonyl (C=O) groups is 2. The standard InChI is InChI=1S/C24H21NO6/c1-14(30-24(27)15-7-6-8-16(11-15)28-2)23(26)25-19-13-21-18(12-22(19)29-3)17-9-4-5-10-20(17)31-21/h4-14H,1-3H3,(H,25,26)/t14-/m1/s1. The van der Waals surface area contributed by atoms with Crippen molar-refractivity contribution < 1.29 is 28.2 Å². The third kappa shape index (κ3) is 4.02. The van der Waals surface area contributed by atoms with E-state index in [1.807, 2.05) is 30.3 Å². The van der Waals surface area contributed by atoms with Crippen LogP contribution >= 0.6 is 0 Å². The van der Waals surface area contributed by atoms with E-state index in [1.165, 1.54) is 21.1 Å². The largest absolute Gasteiger partial charge is 0.497 e. The summed E-state index contributed by atoms with van der Waals surface area (Å²) in [6, 6.07) is 17.7. The van der Waals surface area contributed by atoms with Crippen LogP contribution in [-0.2, 0) is 9.53 Å². The SMILES string of the molecule is COc1cccc(C(=O)O[C@H](C)C(=O)Nc2cc3oc4ccccc4c3cc2OC)c1. The molecule has 1 heterocycles. The van der Waals surface area contributed by atoms with Gasteiger partial charge in [0.05, 0.1) is 25.5 Å². The molecular formula is C24H21NO6. The van der Waals surface area contributed by atoms with E-state index >= 15 is 0 Å². The Morgan fingerprint density at radius 3 is 2.48 bits per heavy atom. The molecule has 4 rings (SSSR count). The minimum Gasteiger partial charge on any atom is -0.497 e. The van der Waals surface area contributed by atoms with Crippen LogP contribution in [0.1, 0.15) is 17.3 Å². The fourth-order valence-electron chi connectivity index (χ4n) is 3.28. The number of methoxy groups -OCH3 is 2. The number of para-hydroxylation sites is 1. The lowest BCUT2D eigenvalue weighted by molar-refractivity contribution is -0.123. The summed E-state index contributed by atoms with van der Waals surface area (Å²) in [5.74, 6) is -0.125. The van der Waals surface area contributed by atoms with Crippen LogP contribution in [0.4, 0.5) is 5.69 Å². The predicted molar refractivity (Wildman–Crippen MR) is 117 cm³/mol. The molecule has 1 amide bonds. The fraction of sp³-hybridized carbons (Fsp3) is 0.167. The summed E-state index contributed by atoms with van der Waals surface area (Å²) >= 11 is 0. The smallest absolute Gasteiger partial charge is 0.339 e. The molecule has 0 radical (unpaired) electrons. The average molecular weight is 419 g/mol. The Morgan fingerprint density at radius 2 is 1.71 bits per heavy atom. The first-order valence-corrected chi connectivity index (χ1v) is 9.65. The van der Waals surface area contributed by atoms with Gasteiger partial charge in [0.2, 0.25) is 0 Å². The molecule has 0 bridgehead atoms. The van der Waals surface area contributed by atoms with Crippen molar-refractivity contribution in [3.63, 3.8) is 0 Å². The molecule has 0 aliphatic carbocycles. The Hall–Kier alpha value is -4.00. The summed E-state index contributed by atoms with van der Waals surface area (Å²) in [6.45, 7) is 1.50. The molecule has 7 heteroatoms. The van der Waals surface area contributed by atoms with Gasteiger partial charge in [-0.1, -0.05) is 24.3 Å². The number of furan rings is 1. The minimum atomic E-state index is -1.03. The third-order valence-corrected chi connectivity index (χ3v) is 4.92. The molecule has 7 nitrogen and oxygen atoms in total. The lowest BCUT2D eigenvalue weighted by atomic mass is 10.1. The highest BCUT2D eigenvalue weighted by Gasteiger charge is 2.21. The summed E-state index contributed by atoms with van der Waals surface area (Å²) in [4.78, 5) is 25.1. The van der Waals surface area contributed by atoms with Gasteiger partial charge < -0.3 is 23.9 Å². The number of hydrogen-bond donors (Lipinski definition) is 1. The average Bonchev–Trinajstić information content (AvgIpc) is 3.15. The van der Waals surface area contributed by atoms with Crippen molar-refractivity contribution in [1.82, 2.24) is 0 Å². The van der Waals surface area contributed by atoms with Gasteiger partial charge >= 0.3 is 5.97 Å². The van der Waals surface area contributed by atoms with Gasteiger partial charge in [-0.05, 0) is 37.3 Å². The number of hydrogen-bond acceptors (Lipinski definition) is 6. The number of esters is 1. The molecule has 0 aliphatic rings. The Labute approximate surface area is 178 Å². The molecule has 0 spiro atoms. The molecule has 0 saturated heterocycles. The third-order valence-electron chi connectivity index (χ3n) is 4.92. The second-order valence-electron chi connectivity index (χ2n) is 6.92. The van der Waals surface area contributed by atoms with Gasteiger partial charge in [-0.2, -0.15) is 0 Å². The number of nitrogens with one attached hydrogen (secondary N) is 1. The van der Waals surface area contributed by atoms with Crippen LogP contribution in [0, 0.1) is 0 Å². The molecule has 0 saturated carbocycles. The molecule has 0 aliphatic heterocycles. The van der Waals surface area contributed by atoms with Crippen molar-refractivity contribution >= 4 is 39.5 Å². The Morgan fingerprint density at radius 1 is 0.903 bits per heavy atom. The number of rotatable bonds is 6. The molecule has 1 atom stereocenters. The molecule has 31 heavy (non-hydrogen) atoms. The Kier molecular flexibility index (Phi) is 5.49. The van der Waals surface area contributed by atoms with E-state index in [2.05, 4.69) is 5.32 Å². The summed E-state index contributed by atoms with van der Waals surface area (Å²) in [5.41, 5.74) is 2.06. The first-order chi connectivity index (χ1) is 15.0. The topological polar surface area (TPSA) is 87.0 Å². The highest BCUT2D eigenvalue weighted by molar-refractivity contribution is 6.08. The van der Waals surface area contributed by atoms with Crippen molar-refractivity contribution in [3.8, 4) is 11.5 Å². The van der Waals surface area contributed by atoms with Gasteiger partial charge in [0.25, 0.3) is 5.91 Å². The maximum atomic E-state index is 12.7. The maximum Gasteiger partial charge on any atom is 0.339 e. The van der Waals surface area contributed by atoms with E-state index in [4.69, 9.17) is 18.6 Å². The van der Waals surface area contributed by atoms with E-state index in [9.17, 15) is 9.59 Å². The fourth-order valence-corrected chi connectivity index (χ4v) is 3.28. The first kappa shape index (κ1) is 20.3. The molecular weight excluding hydrogens is 398 g/mol. The molecule has 1 aromatic heterocycles. The first-order valence-electron chi connectivity index (χ1n) is 9.65. The second kappa shape index (κ2) is 8.39. The summed E-state index contributed by atoms with van der Waals surface area (Å²) in [5, 5.41) is 4.58. The summed E-state index contributed by atoms with van der Waals surface area (Å²) < 4.78 is 21.7. The van der Waals surface area contributed by atoms with Crippen LogP contribution in [0.25, 0.3) is 21.9 Å². The zero-order valence-electron chi connectivity index (χ0n) is 17.3. The normalized spacial score (nSPS) is 11.8. The van der Waals surface area contributed by atoms with E-state index < -0.39 is 18.0 Å². The molecule has 0 unspecified atom stereocenters. The van der Waals surface area contributed by atoms with E-state index in [0.29, 0.717) is 28.3 Å². The summed E-state index contributed by atoms with van der Waals surface area (Å²) in [6.07, 6.45) is -1.03. The van der Waals surface area contributed by atoms with Crippen LogP contribution in [0.3, 0.4) is 0 Å². The van der Waals surface area contributed by atoms with Gasteiger partial charge in [-0.25, -0.2) is 4.79 Å². The van der Waals surface area contributed by atoms with Crippen LogP contribution in [0.15, 0.2) is 65.1 Å². The number of ether oxygens (including phenoxy) is 3. The Balaban J connectivity index is 1.54. The van der Waals surface area contributed by atoms with Crippen LogP contribution < -0.4 is 14.8 Å². The van der Waals surface area contributed by atoms with Crippen LogP contribution in [0.2, 0.25) is 0 Å². The lowest BCUT2D eigenvalue weighted by Crippen LogP contribution is -2.30. The quantitative estimate of drug-likeness (QED) is 0.452. The highest BCUT2D eigenvalue weighted by Crippen LogP contribution is 2.36. The zero-order chi connectivity index (χ0) is 22.0. The van der Waals surface area contributed by atoms with Gasteiger partial charge in [0.15, 0.2) is 6.10 Å². The second-order valence-corrected chi connectivity index (χ2v) is 6.92. The van der Waals surface area contributed by atoms with Gasteiger partial charge in [0.1, 0.15) is 22.7 Å². The molecule has 158 valence electrons. The number of benzene rings is 3. The maximum absolute atomic E-state index is 12.7. The van der Waals surface area contributed by atoms with Crippen molar-refractivity contribution in [2.45, 2.75) is 13.0 Å². The summed E-state index contributed by atoms with van der Waals surface area (Å²) in [7, 11) is 3.03. The molecule has 4 aromatic rings. The molecule has 1 N–H and O–H groups in total. The van der Waals surface area contributed by atoms with Gasteiger partial charge in [0, 0.05) is 16.8 Å². The minimum absolute atomic E-state index is 0.292. The zero-order valence-corrected chi connectivity index (χ0v) is 17.3. The highest BCUT2D eigenvalue weighted by atomic mass is 16.5. The van der Waals surface area contributed by atoms with Crippen molar-refractivity contribution in [2.24, 2.45) is 0 Å². The van der Waals surface area contributed by atoms with Gasteiger partial charge in [-0.15, -0.1) is 0 Å². The van der Waals surface area contributed by atoms with E-state index in [0.717, 1.165) is 16.4 Å². The number of carbonyl (C=O) groups excluding carboxylic acids is 2. The van der Waals surface area contributed by atoms with Gasteiger partial charge in [-0.3, -0.25) is 4.79 Å². The van der Waals surface area contributed by atoms with Crippen LogP contribution in [0.5, 0.6) is 11.5 Å².